The summed E-state index contributed by atoms with van der Waals surface area (Å²) in [5, 5.41) is 0. The Balaban J connectivity index is 2.24. The molecule has 0 aliphatic heterocycles. The van der Waals surface area contributed by atoms with Gasteiger partial charge in [-0.2, -0.15) is 0 Å². The molecule has 3 N–H and O–H groups in total. The van der Waals surface area contributed by atoms with Crippen LogP contribution in [0.4, 0.5) is 0 Å². The molecule has 6 nitrogen and oxygen atoms in total. The first kappa shape index (κ1) is 10.6. The van der Waals surface area contributed by atoms with Crippen LogP contribution in [0, 0.1) is 0 Å². The van der Waals surface area contributed by atoms with Crippen LogP contribution in [0.15, 0.2) is 18.6 Å². The van der Waals surface area contributed by atoms with Crippen molar-refractivity contribution in [3.63, 3.8) is 0 Å². The van der Waals surface area contributed by atoms with Gasteiger partial charge in [-0.25, -0.2) is 4.98 Å². The summed E-state index contributed by atoms with van der Waals surface area (Å²) in [4.78, 5) is 22.4. The van der Waals surface area contributed by atoms with Crippen LogP contribution in [-0.2, 0) is 16.0 Å². The number of nitrogens with two attached hydrogens (primary N) is 1. The molecule has 0 fully saturated rings. The highest BCUT2D eigenvalue weighted by molar-refractivity contribution is 5.79. The molecule has 0 bridgehead atoms. The quantitative estimate of drug-likeness (QED) is 0.710. The van der Waals surface area contributed by atoms with Gasteiger partial charge in [0.15, 0.2) is 5.65 Å². The van der Waals surface area contributed by atoms with E-state index >= 15 is 0 Å². The lowest BCUT2D eigenvalue weighted by atomic mass is 10.1. The van der Waals surface area contributed by atoms with E-state index in [-0.39, 0.29) is 0 Å². The monoisotopic (exact) mass is 220 g/mol. The van der Waals surface area contributed by atoms with Crippen molar-refractivity contribution in [2.24, 2.45) is 5.73 Å². The van der Waals surface area contributed by atoms with Crippen molar-refractivity contribution in [2.45, 2.75) is 12.5 Å². The zero-order valence-corrected chi connectivity index (χ0v) is 8.80. The van der Waals surface area contributed by atoms with Crippen molar-refractivity contribution in [1.29, 1.82) is 0 Å². The van der Waals surface area contributed by atoms with E-state index < -0.39 is 12.0 Å². The van der Waals surface area contributed by atoms with Crippen LogP contribution in [-0.4, -0.2) is 34.1 Å². The number of H-pyrrole nitrogens is 1. The Morgan fingerprint density at radius 2 is 2.31 bits per heavy atom. The van der Waals surface area contributed by atoms with E-state index in [9.17, 15) is 4.79 Å². The van der Waals surface area contributed by atoms with Gasteiger partial charge in [0.1, 0.15) is 11.6 Å². The van der Waals surface area contributed by atoms with Crippen LogP contribution in [0.3, 0.4) is 0 Å². The Labute approximate surface area is 91.8 Å². The molecular weight excluding hydrogens is 208 g/mol. The predicted octanol–water partition coefficient (Wildman–Crippen LogP) is 0.000700. The van der Waals surface area contributed by atoms with Crippen LogP contribution >= 0.6 is 0 Å². The number of carbonyl (C=O) groups is 1. The van der Waals surface area contributed by atoms with E-state index in [2.05, 4.69) is 19.7 Å². The molecular formula is C10H12N4O2. The molecule has 0 radical (unpaired) electrons. The number of aromatic nitrogens is 3. The SMILES string of the molecule is COC(=O)C(N)Cc1c[nH]c2nccnc12. The van der Waals surface area contributed by atoms with Crippen molar-refractivity contribution < 1.29 is 9.53 Å². The fourth-order valence-corrected chi connectivity index (χ4v) is 1.53. The Kier molecular flexibility index (Phi) is 2.82. The number of nitrogens with zero attached hydrogens (tertiary/aromatic N) is 2. The summed E-state index contributed by atoms with van der Waals surface area (Å²) in [6, 6.07) is -0.675. The molecule has 84 valence electrons. The van der Waals surface area contributed by atoms with Crippen LogP contribution in [0.25, 0.3) is 11.2 Å². The number of hydrogen-bond donors (Lipinski definition) is 2. The number of ether oxygens (including phenoxy) is 1. The maximum atomic E-state index is 11.2. The number of carbonyl (C=O) groups excluding carboxylic acids is 1. The third kappa shape index (κ3) is 1.87. The number of rotatable bonds is 3. The number of esters is 1. The molecule has 0 spiro atoms. The largest absolute Gasteiger partial charge is 0.468 e. The molecule has 0 saturated heterocycles. The summed E-state index contributed by atoms with van der Waals surface area (Å²) in [5.74, 6) is -0.432. The average molecular weight is 220 g/mol. The first-order chi connectivity index (χ1) is 7.72. The topological polar surface area (TPSA) is 93.9 Å². The predicted molar refractivity (Wildman–Crippen MR) is 57.6 cm³/mol. The van der Waals surface area contributed by atoms with Gasteiger partial charge in [-0.1, -0.05) is 0 Å². The van der Waals surface area contributed by atoms with Gasteiger partial charge in [0, 0.05) is 25.0 Å². The highest BCUT2D eigenvalue weighted by Crippen LogP contribution is 2.14. The van der Waals surface area contributed by atoms with Crippen LogP contribution < -0.4 is 5.73 Å². The normalized spacial score (nSPS) is 12.6. The summed E-state index contributed by atoms with van der Waals surface area (Å²) in [7, 11) is 1.32. The maximum Gasteiger partial charge on any atom is 0.322 e. The first-order valence-electron chi connectivity index (χ1n) is 4.82. The van der Waals surface area contributed by atoms with E-state index in [0.717, 1.165) is 11.1 Å². The van der Waals surface area contributed by atoms with Gasteiger partial charge in [0.2, 0.25) is 0 Å². The maximum absolute atomic E-state index is 11.2. The van der Waals surface area contributed by atoms with Gasteiger partial charge < -0.3 is 15.5 Å². The molecule has 1 unspecified atom stereocenters. The van der Waals surface area contributed by atoms with E-state index in [1.807, 2.05) is 0 Å². The van der Waals surface area contributed by atoms with Gasteiger partial charge in [-0.3, -0.25) is 9.78 Å². The lowest BCUT2D eigenvalue weighted by Crippen LogP contribution is -2.33. The summed E-state index contributed by atoms with van der Waals surface area (Å²) in [6.45, 7) is 0. The fraction of sp³-hybridized carbons (Fsp3) is 0.300. The van der Waals surface area contributed by atoms with Gasteiger partial charge in [0.25, 0.3) is 0 Å². The zero-order chi connectivity index (χ0) is 11.5. The van der Waals surface area contributed by atoms with Gasteiger partial charge in [0.05, 0.1) is 7.11 Å². The van der Waals surface area contributed by atoms with Crippen LogP contribution in [0.1, 0.15) is 5.56 Å². The van der Waals surface area contributed by atoms with Crippen molar-refractivity contribution in [2.75, 3.05) is 7.11 Å². The molecule has 1 atom stereocenters. The fourth-order valence-electron chi connectivity index (χ4n) is 1.53. The highest BCUT2D eigenvalue weighted by atomic mass is 16.5. The molecule has 2 aromatic rings. The minimum Gasteiger partial charge on any atom is -0.468 e. The number of aromatic amines is 1. The lowest BCUT2D eigenvalue weighted by molar-refractivity contribution is -0.142. The third-order valence-corrected chi connectivity index (χ3v) is 2.33. The average Bonchev–Trinajstić information content (AvgIpc) is 2.72. The summed E-state index contributed by atoms with van der Waals surface area (Å²) >= 11 is 0. The zero-order valence-electron chi connectivity index (χ0n) is 8.80. The van der Waals surface area contributed by atoms with Gasteiger partial charge in [-0.05, 0) is 5.56 Å². The smallest absolute Gasteiger partial charge is 0.322 e. The minimum absolute atomic E-state index is 0.380. The number of hydrogen-bond acceptors (Lipinski definition) is 5. The van der Waals surface area contributed by atoms with Gasteiger partial charge >= 0.3 is 5.97 Å². The number of methoxy groups -OCH3 is 1. The Hall–Kier alpha value is -1.95. The Bertz CT molecular complexity index is 508. The summed E-state index contributed by atoms with van der Waals surface area (Å²) < 4.78 is 4.56. The van der Waals surface area contributed by atoms with E-state index in [0.29, 0.717) is 12.1 Å². The second-order valence-corrected chi connectivity index (χ2v) is 3.40. The van der Waals surface area contributed by atoms with Crippen molar-refractivity contribution >= 4 is 17.1 Å². The standard InChI is InChI=1S/C10H12N4O2/c1-16-10(15)7(11)4-6-5-14-9-8(6)12-2-3-13-9/h2-3,5,7H,4,11H2,1H3,(H,13,14). The van der Waals surface area contributed by atoms with Crippen LogP contribution in [0.2, 0.25) is 0 Å². The lowest BCUT2D eigenvalue weighted by Gasteiger charge is -2.07. The Morgan fingerprint density at radius 3 is 3.06 bits per heavy atom. The Morgan fingerprint density at radius 1 is 1.56 bits per heavy atom. The summed E-state index contributed by atoms with van der Waals surface area (Å²) in [6.07, 6.45) is 5.34. The molecule has 0 aromatic carbocycles. The second kappa shape index (κ2) is 4.28. The van der Waals surface area contributed by atoms with Crippen LogP contribution in [0.5, 0.6) is 0 Å². The molecule has 0 amide bonds. The second-order valence-electron chi connectivity index (χ2n) is 3.40. The summed E-state index contributed by atoms with van der Waals surface area (Å²) in [5.41, 5.74) is 7.96. The van der Waals surface area contributed by atoms with Gasteiger partial charge in [-0.15, -0.1) is 0 Å². The molecule has 16 heavy (non-hydrogen) atoms. The van der Waals surface area contributed by atoms with Crippen molar-refractivity contribution in [1.82, 2.24) is 15.0 Å². The van der Waals surface area contributed by atoms with E-state index in [4.69, 9.17) is 5.73 Å². The number of nitrogens with one attached hydrogen (secondary N) is 1. The molecule has 6 heteroatoms. The molecule has 0 aliphatic rings. The van der Waals surface area contributed by atoms with E-state index in [1.54, 1.807) is 18.6 Å². The molecule has 0 saturated carbocycles. The molecule has 2 aromatic heterocycles. The van der Waals surface area contributed by atoms with Crippen molar-refractivity contribution in [3.8, 4) is 0 Å². The molecule has 0 aliphatic carbocycles. The molecule has 2 rings (SSSR count). The van der Waals surface area contributed by atoms with E-state index in [1.165, 1.54) is 7.11 Å². The number of fused-ring (bicyclic) bond motifs is 1. The minimum atomic E-state index is -0.675. The third-order valence-electron chi connectivity index (χ3n) is 2.33. The highest BCUT2D eigenvalue weighted by Gasteiger charge is 2.17. The molecule has 2 heterocycles. The first-order valence-corrected chi connectivity index (χ1v) is 4.82. The van der Waals surface area contributed by atoms with Crippen molar-refractivity contribution in [3.05, 3.63) is 24.2 Å².